The molecule has 0 fully saturated rings. The molecule has 0 atom stereocenters. The van der Waals surface area contributed by atoms with E-state index in [-0.39, 0.29) is 19.1 Å². The molecule has 0 saturated carbocycles. The first-order chi connectivity index (χ1) is 10.1. The molecule has 0 bridgehead atoms. The van der Waals surface area contributed by atoms with Gasteiger partial charge >= 0.3 is 0 Å². The highest BCUT2D eigenvalue weighted by molar-refractivity contribution is 9.10. The minimum atomic E-state index is -0.246. The van der Waals surface area contributed by atoms with Crippen LogP contribution in [0.3, 0.4) is 0 Å². The van der Waals surface area contributed by atoms with E-state index in [1.807, 2.05) is 31.2 Å². The quantitative estimate of drug-likeness (QED) is 0.870. The van der Waals surface area contributed by atoms with Gasteiger partial charge in [-0.3, -0.25) is 4.79 Å². The fraction of sp³-hybridized carbons (Fsp3) is 0.188. The fourth-order valence-electron chi connectivity index (χ4n) is 1.91. The third-order valence-electron chi connectivity index (χ3n) is 2.94. The van der Waals surface area contributed by atoms with Crippen LogP contribution in [0.2, 0.25) is 0 Å². The number of benzene rings is 2. The number of ether oxygens (including phenoxy) is 1. The fourth-order valence-corrected chi connectivity index (χ4v) is 2.18. The Morgan fingerprint density at radius 3 is 2.62 bits per heavy atom. The zero-order valence-electron chi connectivity index (χ0n) is 11.6. The maximum absolute atomic E-state index is 11.9. The third-order valence-corrected chi connectivity index (χ3v) is 3.47. The number of halogens is 1. The topological polar surface area (TPSA) is 58.6 Å². The van der Waals surface area contributed by atoms with E-state index in [1.54, 1.807) is 18.2 Å². The second-order valence-electron chi connectivity index (χ2n) is 4.57. The molecule has 4 nitrogen and oxygen atoms in total. The average molecular weight is 350 g/mol. The van der Waals surface area contributed by atoms with E-state index in [0.717, 1.165) is 10.0 Å². The van der Waals surface area contributed by atoms with Crippen molar-refractivity contribution in [2.45, 2.75) is 13.5 Å². The Labute approximate surface area is 131 Å². The number of aryl methyl sites for hydroxylation is 1. The van der Waals surface area contributed by atoms with Gasteiger partial charge in [-0.1, -0.05) is 34.1 Å². The van der Waals surface area contributed by atoms with E-state index >= 15 is 0 Å². The van der Waals surface area contributed by atoms with Gasteiger partial charge in [0.05, 0.1) is 6.61 Å². The molecule has 0 aliphatic heterocycles. The normalized spacial score (nSPS) is 10.2. The molecule has 0 aliphatic carbocycles. The summed E-state index contributed by atoms with van der Waals surface area (Å²) in [7, 11) is 0. The molecule has 0 spiro atoms. The van der Waals surface area contributed by atoms with Crippen molar-refractivity contribution in [2.24, 2.45) is 0 Å². The molecular weight excluding hydrogens is 334 g/mol. The van der Waals surface area contributed by atoms with Crippen molar-refractivity contribution in [2.75, 3.05) is 11.9 Å². The van der Waals surface area contributed by atoms with E-state index in [9.17, 15) is 9.90 Å². The van der Waals surface area contributed by atoms with E-state index < -0.39 is 0 Å². The Hall–Kier alpha value is -1.85. The first-order valence-corrected chi connectivity index (χ1v) is 7.27. The number of hydrogen-bond acceptors (Lipinski definition) is 3. The maximum atomic E-state index is 11.9. The summed E-state index contributed by atoms with van der Waals surface area (Å²) in [5, 5.41) is 12.0. The number of hydrogen-bond donors (Lipinski definition) is 2. The van der Waals surface area contributed by atoms with E-state index in [0.29, 0.717) is 17.0 Å². The summed E-state index contributed by atoms with van der Waals surface area (Å²) in [6.07, 6.45) is 0. The number of nitrogens with one attached hydrogen (secondary N) is 1. The minimum Gasteiger partial charge on any atom is -0.483 e. The maximum Gasteiger partial charge on any atom is 0.262 e. The lowest BCUT2D eigenvalue weighted by molar-refractivity contribution is -0.118. The summed E-state index contributed by atoms with van der Waals surface area (Å²) in [6.45, 7) is 1.65. The Balaban J connectivity index is 1.97. The highest BCUT2D eigenvalue weighted by Gasteiger charge is 2.09. The van der Waals surface area contributed by atoms with Crippen LogP contribution in [0.5, 0.6) is 5.75 Å². The molecule has 0 unspecified atom stereocenters. The predicted molar refractivity (Wildman–Crippen MR) is 85.4 cm³/mol. The monoisotopic (exact) mass is 349 g/mol. The number of para-hydroxylation sites is 1. The van der Waals surface area contributed by atoms with Gasteiger partial charge in [-0.2, -0.15) is 0 Å². The van der Waals surface area contributed by atoms with E-state index in [4.69, 9.17) is 4.74 Å². The molecule has 2 aromatic carbocycles. The van der Waals surface area contributed by atoms with Gasteiger partial charge < -0.3 is 15.2 Å². The molecule has 0 saturated heterocycles. The number of rotatable bonds is 5. The van der Waals surface area contributed by atoms with Crippen molar-refractivity contribution in [3.05, 3.63) is 58.1 Å². The van der Waals surface area contributed by atoms with E-state index in [1.165, 1.54) is 0 Å². The lowest BCUT2D eigenvalue weighted by atomic mass is 10.1. The number of aliphatic hydroxyl groups is 1. The first kappa shape index (κ1) is 15.5. The number of anilines is 1. The second kappa shape index (κ2) is 7.24. The zero-order valence-corrected chi connectivity index (χ0v) is 13.2. The molecule has 2 N–H and O–H groups in total. The van der Waals surface area contributed by atoms with Gasteiger partial charge in [0.1, 0.15) is 5.75 Å². The predicted octanol–water partition coefficient (Wildman–Crippen LogP) is 3.27. The van der Waals surface area contributed by atoms with Gasteiger partial charge in [0.25, 0.3) is 5.91 Å². The third kappa shape index (κ3) is 4.31. The average Bonchev–Trinajstić information content (AvgIpc) is 2.48. The first-order valence-electron chi connectivity index (χ1n) is 6.47. The molecule has 0 heterocycles. The Morgan fingerprint density at radius 2 is 1.95 bits per heavy atom. The number of amides is 1. The molecule has 2 aromatic rings. The van der Waals surface area contributed by atoms with Crippen LogP contribution in [-0.4, -0.2) is 17.6 Å². The molecule has 0 aromatic heterocycles. The van der Waals surface area contributed by atoms with Crippen LogP contribution in [0.25, 0.3) is 0 Å². The summed E-state index contributed by atoms with van der Waals surface area (Å²) < 4.78 is 6.48. The van der Waals surface area contributed by atoms with Crippen LogP contribution in [0.15, 0.2) is 46.9 Å². The van der Waals surface area contributed by atoms with Gasteiger partial charge in [-0.05, 0) is 36.8 Å². The Bertz CT molecular complexity index is 626. The smallest absolute Gasteiger partial charge is 0.262 e. The number of carbonyl (C=O) groups is 1. The van der Waals surface area contributed by atoms with Crippen LogP contribution in [0.1, 0.15) is 11.1 Å². The van der Waals surface area contributed by atoms with Crippen LogP contribution < -0.4 is 10.1 Å². The molecule has 21 heavy (non-hydrogen) atoms. The van der Waals surface area contributed by atoms with Crippen molar-refractivity contribution in [3.8, 4) is 5.75 Å². The Kier molecular flexibility index (Phi) is 5.36. The summed E-state index contributed by atoms with van der Waals surface area (Å²) in [6, 6.07) is 12.8. The van der Waals surface area contributed by atoms with Gasteiger partial charge in [0.15, 0.2) is 6.61 Å². The molecule has 5 heteroatoms. The minimum absolute atomic E-state index is 0.103. The lowest BCUT2D eigenvalue weighted by Crippen LogP contribution is -2.20. The Morgan fingerprint density at radius 1 is 1.24 bits per heavy atom. The van der Waals surface area contributed by atoms with Crippen molar-refractivity contribution < 1.29 is 14.6 Å². The SMILES string of the molecule is Cc1cccc(CO)c1OCC(=O)Nc1ccc(Br)cc1. The van der Waals surface area contributed by atoms with Gasteiger partial charge in [0.2, 0.25) is 0 Å². The van der Waals surface area contributed by atoms with Crippen LogP contribution in [0.4, 0.5) is 5.69 Å². The largest absolute Gasteiger partial charge is 0.483 e. The van der Waals surface area contributed by atoms with Crippen molar-refractivity contribution >= 4 is 27.5 Å². The summed E-state index contributed by atoms with van der Waals surface area (Å²) in [5.41, 5.74) is 2.27. The highest BCUT2D eigenvalue weighted by Crippen LogP contribution is 2.23. The molecular formula is C16H16BrNO3. The number of aliphatic hydroxyl groups excluding tert-OH is 1. The standard InChI is InChI=1S/C16H16BrNO3/c1-11-3-2-4-12(9-19)16(11)21-10-15(20)18-14-7-5-13(17)6-8-14/h2-8,19H,9-10H2,1H3,(H,18,20). The van der Waals surface area contributed by atoms with Crippen molar-refractivity contribution in [1.29, 1.82) is 0 Å². The van der Waals surface area contributed by atoms with Gasteiger partial charge in [-0.25, -0.2) is 0 Å². The molecule has 2 rings (SSSR count). The summed E-state index contributed by atoms with van der Waals surface area (Å²) in [4.78, 5) is 11.9. The molecule has 1 amide bonds. The second-order valence-corrected chi connectivity index (χ2v) is 5.48. The summed E-state index contributed by atoms with van der Waals surface area (Å²) >= 11 is 3.34. The number of carbonyl (C=O) groups excluding carboxylic acids is 1. The summed E-state index contributed by atoms with van der Waals surface area (Å²) in [5.74, 6) is 0.315. The van der Waals surface area contributed by atoms with Crippen molar-refractivity contribution in [1.82, 2.24) is 0 Å². The molecule has 110 valence electrons. The molecule has 0 aliphatic rings. The van der Waals surface area contributed by atoms with Gasteiger partial charge in [0, 0.05) is 15.7 Å². The van der Waals surface area contributed by atoms with E-state index in [2.05, 4.69) is 21.2 Å². The van der Waals surface area contributed by atoms with Crippen LogP contribution in [0, 0.1) is 6.92 Å². The van der Waals surface area contributed by atoms with Crippen LogP contribution in [-0.2, 0) is 11.4 Å². The lowest BCUT2D eigenvalue weighted by Gasteiger charge is -2.13. The van der Waals surface area contributed by atoms with Crippen LogP contribution >= 0.6 is 15.9 Å². The highest BCUT2D eigenvalue weighted by atomic mass is 79.9. The zero-order chi connectivity index (χ0) is 15.2. The van der Waals surface area contributed by atoms with Gasteiger partial charge in [-0.15, -0.1) is 0 Å². The molecule has 0 radical (unpaired) electrons. The van der Waals surface area contributed by atoms with Crippen molar-refractivity contribution in [3.63, 3.8) is 0 Å².